The van der Waals surface area contributed by atoms with Crippen molar-refractivity contribution in [3.63, 3.8) is 0 Å². The first kappa shape index (κ1) is 19.5. The monoisotopic (exact) mass is 356 g/mol. The van der Waals surface area contributed by atoms with Crippen molar-refractivity contribution in [3.8, 4) is 11.5 Å². The van der Waals surface area contributed by atoms with Crippen LogP contribution in [0, 0.1) is 0 Å². The Morgan fingerprint density at radius 3 is 1.32 bits per heavy atom. The number of hydrogen-bond acceptors (Lipinski definition) is 4. The molecular formula is C20H28N2O2Si. The second-order valence-electron chi connectivity index (χ2n) is 6.48. The quantitative estimate of drug-likeness (QED) is 0.598. The number of hydrogen-bond donors (Lipinski definition) is 0. The van der Waals surface area contributed by atoms with Crippen LogP contribution in [0.4, 0.5) is 0 Å². The van der Waals surface area contributed by atoms with Gasteiger partial charge in [-0.2, -0.15) is 0 Å². The minimum atomic E-state index is 0.639. The summed E-state index contributed by atoms with van der Waals surface area (Å²) in [4.78, 5) is 4.23. The molecule has 0 aliphatic carbocycles. The normalized spacial score (nSPS) is 11.1. The Morgan fingerprint density at radius 1 is 0.640 bits per heavy atom. The molecule has 134 valence electrons. The van der Waals surface area contributed by atoms with Gasteiger partial charge >= 0.3 is 0 Å². The highest BCUT2D eigenvalue weighted by atomic mass is 28.2. The lowest BCUT2D eigenvalue weighted by Gasteiger charge is -2.12. The van der Waals surface area contributed by atoms with E-state index in [1.807, 2.05) is 28.2 Å². The predicted molar refractivity (Wildman–Crippen MR) is 106 cm³/mol. The molecule has 25 heavy (non-hydrogen) atoms. The second kappa shape index (κ2) is 10.2. The summed E-state index contributed by atoms with van der Waals surface area (Å²) in [5.41, 5.74) is 0. The third-order valence-corrected chi connectivity index (χ3v) is 4.86. The molecule has 0 amide bonds. The van der Waals surface area contributed by atoms with Crippen LogP contribution in [0.2, 0.25) is 0 Å². The van der Waals surface area contributed by atoms with Crippen molar-refractivity contribution in [2.75, 3.05) is 54.5 Å². The highest BCUT2D eigenvalue weighted by Gasteiger charge is 2.01. The van der Waals surface area contributed by atoms with Gasteiger partial charge in [0.25, 0.3) is 0 Å². The molecule has 5 heteroatoms. The van der Waals surface area contributed by atoms with Gasteiger partial charge in [0, 0.05) is 13.1 Å². The highest BCUT2D eigenvalue weighted by Crippen LogP contribution is 2.08. The fourth-order valence-electron chi connectivity index (χ4n) is 2.13. The lowest BCUT2D eigenvalue weighted by molar-refractivity contribution is 0.261. The fourth-order valence-corrected chi connectivity index (χ4v) is 3.13. The second-order valence-corrected chi connectivity index (χ2v) is 7.88. The molecule has 0 heterocycles. The van der Waals surface area contributed by atoms with Gasteiger partial charge < -0.3 is 19.3 Å². The van der Waals surface area contributed by atoms with Gasteiger partial charge in [0.2, 0.25) is 0 Å². The maximum absolute atomic E-state index is 5.73. The zero-order valence-electron chi connectivity index (χ0n) is 15.7. The van der Waals surface area contributed by atoms with Crippen LogP contribution in [-0.4, -0.2) is 73.8 Å². The van der Waals surface area contributed by atoms with E-state index in [0.29, 0.717) is 22.7 Å². The molecule has 0 saturated carbocycles. The number of rotatable bonds is 10. The molecule has 0 unspecified atom stereocenters. The van der Waals surface area contributed by atoms with Crippen molar-refractivity contribution >= 4 is 19.9 Å². The van der Waals surface area contributed by atoms with Crippen LogP contribution >= 0.6 is 0 Å². The van der Waals surface area contributed by atoms with E-state index in [0.717, 1.165) is 24.6 Å². The van der Waals surface area contributed by atoms with Crippen molar-refractivity contribution < 1.29 is 9.47 Å². The first-order valence-corrected chi connectivity index (χ1v) is 9.55. The molecule has 0 N–H and O–H groups in total. The summed E-state index contributed by atoms with van der Waals surface area (Å²) < 4.78 is 11.5. The Morgan fingerprint density at radius 2 is 1.00 bits per heavy atom. The van der Waals surface area contributed by atoms with E-state index in [4.69, 9.17) is 9.47 Å². The number of ether oxygens (including phenoxy) is 2. The first-order chi connectivity index (χ1) is 12.0. The summed E-state index contributed by atoms with van der Waals surface area (Å²) in [5.74, 6) is 1.86. The van der Waals surface area contributed by atoms with Gasteiger partial charge in [0.1, 0.15) is 34.2 Å². The summed E-state index contributed by atoms with van der Waals surface area (Å²) >= 11 is 0. The summed E-state index contributed by atoms with van der Waals surface area (Å²) in [6.07, 6.45) is 0. The van der Waals surface area contributed by atoms with E-state index in [-0.39, 0.29) is 0 Å². The first-order valence-electron chi connectivity index (χ1n) is 8.55. The van der Waals surface area contributed by atoms with Crippen LogP contribution in [0.3, 0.4) is 0 Å². The molecule has 2 radical (unpaired) electrons. The SMILES string of the molecule is CN(C)CCOc1ccc([Si]c2ccc(OCCN(C)C)cc2)cc1. The molecule has 2 aromatic rings. The topological polar surface area (TPSA) is 24.9 Å². The Hall–Kier alpha value is -1.82. The highest BCUT2D eigenvalue weighted by molar-refractivity contribution is 6.67. The fraction of sp³-hybridized carbons (Fsp3) is 0.400. The molecular weight excluding hydrogens is 328 g/mol. The van der Waals surface area contributed by atoms with Crippen molar-refractivity contribution in [1.82, 2.24) is 9.80 Å². The Balaban J connectivity index is 1.81. The summed E-state index contributed by atoms with van der Waals surface area (Å²) in [6.45, 7) is 3.27. The molecule has 0 saturated heterocycles. The lowest BCUT2D eigenvalue weighted by Crippen LogP contribution is -2.26. The van der Waals surface area contributed by atoms with Crippen LogP contribution in [-0.2, 0) is 0 Å². The van der Waals surface area contributed by atoms with Crippen LogP contribution in [0.15, 0.2) is 48.5 Å². The zero-order chi connectivity index (χ0) is 18.1. The van der Waals surface area contributed by atoms with Gasteiger partial charge in [0.05, 0.1) is 0 Å². The van der Waals surface area contributed by atoms with Crippen molar-refractivity contribution in [3.05, 3.63) is 48.5 Å². The minimum absolute atomic E-state index is 0.639. The van der Waals surface area contributed by atoms with E-state index in [1.54, 1.807) is 0 Å². The van der Waals surface area contributed by atoms with Crippen molar-refractivity contribution in [1.29, 1.82) is 0 Å². The predicted octanol–water partition coefficient (Wildman–Crippen LogP) is 1.22. The molecule has 0 aliphatic heterocycles. The standard InChI is InChI=1S/C20H28N2O2Si/c1-21(2)13-15-23-17-5-9-19(10-6-17)25-20-11-7-18(8-12-20)24-16-14-22(3)4/h5-12H,13-16H2,1-4H3. The third kappa shape index (κ3) is 7.73. The van der Waals surface area contributed by atoms with Gasteiger partial charge in [-0.3, -0.25) is 0 Å². The van der Waals surface area contributed by atoms with Gasteiger partial charge in [-0.1, -0.05) is 34.6 Å². The van der Waals surface area contributed by atoms with Crippen molar-refractivity contribution in [2.45, 2.75) is 0 Å². The summed E-state index contributed by atoms with van der Waals surface area (Å²) in [5, 5.41) is 2.61. The van der Waals surface area contributed by atoms with Gasteiger partial charge in [-0.05, 0) is 52.5 Å². The number of benzene rings is 2. The maximum atomic E-state index is 5.73. The van der Waals surface area contributed by atoms with Crippen LogP contribution in [0.5, 0.6) is 11.5 Å². The molecule has 0 bridgehead atoms. The molecule has 0 aromatic heterocycles. The Kier molecular flexibility index (Phi) is 7.98. The third-order valence-electron chi connectivity index (χ3n) is 3.61. The molecule has 0 spiro atoms. The van der Waals surface area contributed by atoms with Gasteiger partial charge in [-0.15, -0.1) is 0 Å². The lowest BCUT2D eigenvalue weighted by atomic mass is 10.3. The van der Waals surface area contributed by atoms with E-state index < -0.39 is 0 Å². The maximum Gasteiger partial charge on any atom is 0.121 e. The smallest absolute Gasteiger partial charge is 0.121 e. The molecule has 4 nitrogen and oxygen atoms in total. The largest absolute Gasteiger partial charge is 0.492 e. The van der Waals surface area contributed by atoms with E-state index >= 15 is 0 Å². The van der Waals surface area contributed by atoms with E-state index in [1.165, 1.54) is 10.4 Å². The summed E-state index contributed by atoms with van der Waals surface area (Å²) in [7, 11) is 8.83. The minimum Gasteiger partial charge on any atom is -0.492 e. The zero-order valence-corrected chi connectivity index (χ0v) is 16.7. The Bertz CT molecular complexity index is 557. The van der Waals surface area contributed by atoms with Crippen LogP contribution < -0.4 is 19.8 Å². The Labute approximate surface area is 154 Å². The van der Waals surface area contributed by atoms with Gasteiger partial charge in [0.15, 0.2) is 0 Å². The molecule has 2 rings (SSSR count). The van der Waals surface area contributed by atoms with Gasteiger partial charge in [-0.25, -0.2) is 0 Å². The number of nitrogens with zero attached hydrogens (tertiary/aromatic N) is 2. The molecule has 0 fully saturated rings. The average Bonchev–Trinajstić information content (AvgIpc) is 2.57. The van der Waals surface area contributed by atoms with E-state index in [2.05, 4.69) is 58.3 Å². The molecule has 0 atom stereocenters. The van der Waals surface area contributed by atoms with Crippen LogP contribution in [0.25, 0.3) is 0 Å². The molecule has 2 aromatic carbocycles. The molecule has 0 aliphatic rings. The van der Waals surface area contributed by atoms with Crippen LogP contribution in [0.1, 0.15) is 0 Å². The number of likely N-dealkylation sites (N-methyl/N-ethyl adjacent to an activating group) is 2. The summed E-state index contributed by atoms with van der Waals surface area (Å²) in [6, 6.07) is 16.8. The average molecular weight is 357 g/mol. The van der Waals surface area contributed by atoms with E-state index in [9.17, 15) is 0 Å². The van der Waals surface area contributed by atoms with Crippen molar-refractivity contribution in [2.24, 2.45) is 0 Å².